The monoisotopic (exact) mass is 360 g/mol. The number of amides is 1. The summed E-state index contributed by atoms with van der Waals surface area (Å²) in [4.78, 5) is 21.5. The Balaban J connectivity index is 1.46. The van der Waals surface area contributed by atoms with Crippen LogP contribution in [0.25, 0.3) is 0 Å². The zero-order valence-corrected chi connectivity index (χ0v) is 14.8. The van der Waals surface area contributed by atoms with Crippen molar-refractivity contribution in [3.8, 4) is 0 Å². The molecule has 0 aliphatic carbocycles. The lowest BCUT2D eigenvalue weighted by Crippen LogP contribution is -2.44. The van der Waals surface area contributed by atoms with Gasteiger partial charge in [0.1, 0.15) is 17.7 Å². The minimum atomic E-state index is -0.240. The van der Waals surface area contributed by atoms with E-state index in [1.165, 1.54) is 23.7 Å². The number of rotatable bonds is 4. The average Bonchev–Trinajstić information content (AvgIpc) is 3.37. The highest BCUT2D eigenvalue weighted by atomic mass is 32.1. The minimum absolute atomic E-state index is 0.0929. The molecule has 0 spiro atoms. The van der Waals surface area contributed by atoms with Gasteiger partial charge in [-0.25, -0.2) is 9.37 Å². The molecular weight excluding hydrogens is 339 g/mol. The Labute approximate surface area is 150 Å². The third-order valence-electron chi connectivity index (χ3n) is 4.93. The van der Waals surface area contributed by atoms with Gasteiger partial charge in [0.2, 0.25) is 11.0 Å². The Morgan fingerprint density at radius 3 is 2.68 bits per heavy atom. The molecule has 0 radical (unpaired) electrons. The maximum atomic E-state index is 13.0. The van der Waals surface area contributed by atoms with Gasteiger partial charge in [0.05, 0.1) is 0 Å². The number of anilines is 1. The predicted molar refractivity (Wildman–Crippen MR) is 95.3 cm³/mol. The maximum absolute atomic E-state index is 13.0. The molecule has 5 nitrogen and oxygen atoms in total. The number of carbonyl (C=O) groups excluding carboxylic acids is 1. The minimum Gasteiger partial charge on any atom is -0.341 e. The summed E-state index contributed by atoms with van der Waals surface area (Å²) in [6.45, 7) is 2.62. The Morgan fingerprint density at radius 1 is 1.16 bits per heavy atom. The fraction of sp³-hybridized carbons (Fsp3) is 0.500. The lowest BCUT2D eigenvalue weighted by molar-refractivity contribution is -0.131. The van der Waals surface area contributed by atoms with Gasteiger partial charge in [-0.15, -0.1) is 0 Å². The van der Waals surface area contributed by atoms with E-state index in [9.17, 15) is 9.18 Å². The predicted octanol–water partition coefficient (Wildman–Crippen LogP) is 2.86. The summed E-state index contributed by atoms with van der Waals surface area (Å²) in [5, 5.41) is 0.826. The molecule has 2 aliphatic heterocycles. The number of hydrogen-bond donors (Lipinski definition) is 0. The number of benzene rings is 1. The van der Waals surface area contributed by atoms with Crippen LogP contribution in [0.15, 0.2) is 24.3 Å². The summed E-state index contributed by atoms with van der Waals surface area (Å²) in [6, 6.07) is 6.32. The van der Waals surface area contributed by atoms with Crippen molar-refractivity contribution < 1.29 is 9.18 Å². The van der Waals surface area contributed by atoms with E-state index >= 15 is 0 Å². The van der Waals surface area contributed by atoms with E-state index in [1.54, 1.807) is 12.1 Å². The Bertz CT molecular complexity index is 742. The van der Waals surface area contributed by atoms with Crippen molar-refractivity contribution >= 4 is 22.6 Å². The van der Waals surface area contributed by atoms with E-state index in [2.05, 4.69) is 14.3 Å². The first-order valence-corrected chi connectivity index (χ1v) is 9.60. The SMILES string of the molecule is O=C(C1CCCN1c1nc(Cc2ccc(F)cc2)ns1)N1CCCC1. The second-order valence-corrected chi connectivity index (χ2v) is 7.41. The first-order chi connectivity index (χ1) is 12.2. The van der Waals surface area contributed by atoms with Gasteiger partial charge < -0.3 is 9.80 Å². The lowest BCUT2D eigenvalue weighted by atomic mass is 10.1. The third-order valence-corrected chi connectivity index (χ3v) is 5.73. The van der Waals surface area contributed by atoms with E-state index in [0.29, 0.717) is 6.42 Å². The van der Waals surface area contributed by atoms with E-state index in [4.69, 9.17) is 0 Å². The van der Waals surface area contributed by atoms with Gasteiger partial charge in [-0.2, -0.15) is 4.37 Å². The van der Waals surface area contributed by atoms with Crippen molar-refractivity contribution in [2.75, 3.05) is 24.5 Å². The highest BCUT2D eigenvalue weighted by Gasteiger charge is 2.36. The van der Waals surface area contributed by atoms with Crippen LogP contribution in [0.4, 0.5) is 9.52 Å². The molecule has 1 aromatic heterocycles. The van der Waals surface area contributed by atoms with Crippen LogP contribution in [0.1, 0.15) is 37.1 Å². The molecule has 1 atom stereocenters. The lowest BCUT2D eigenvalue weighted by Gasteiger charge is -2.27. The molecule has 3 heterocycles. The molecule has 7 heteroatoms. The number of likely N-dealkylation sites (tertiary alicyclic amines) is 1. The summed E-state index contributed by atoms with van der Waals surface area (Å²) in [5.74, 6) is 0.729. The van der Waals surface area contributed by atoms with Crippen molar-refractivity contribution in [2.45, 2.75) is 38.1 Å². The molecule has 2 aliphatic rings. The fourth-order valence-electron chi connectivity index (χ4n) is 3.62. The smallest absolute Gasteiger partial charge is 0.245 e. The molecule has 1 amide bonds. The summed E-state index contributed by atoms with van der Waals surface area (Å²) < 4.78 is 17.4. The van der Waals surface area contributed by atoms with Gasteiger partial charge in [-0.1, -0.05) is 12.1 Å². The topological polar surface area (TPSA) is 49.3 Å². The normalized spacial score (nSPS) is 20.4. The van der Waals surface area contributed by atoms with Crippen LogP contribution in [0.2, 0.25) is 0 Å². The number of halogens is 1. The fourth-order valence-corrected chi connectivity index (χ4v) is 4.38. The Morgan fingerprint density at radius 2 is 1.92 bits per heavy atom. The van der Waals surface area contributed by atoms with Gasteiger partial charge >= 0.3 is 0 Å². The van der Waals surface area contributed by atoms with E-state index < -0.39 is 0 Å². The van der Waals surface area contributed by atoms with Crippen LogP contribution in [-0.2, 0) is 11.2 Å². The van der Waals surface area contributed by atoms with Crippen LogP contribution in [-0.4, -0.2) is 45.8 Å². The average molecular weight is 360 g/mol. The van der Waals surface area contributed by atoms with E-state index in [1.807, 2.05) is 4.90 Å². The Hall–Kier alpha value is -2.02. The first-order valence-electron chi connectivity index (χ1n) is 8.83. The van der Waals surface area contributed by atoms with Crippen molar-refractivity contribution in [1.29, 1.82) is 0 Å². The summed E-state index contributed by atoms with van der Waals surface area (Å²) in [5.41, 5.74) is 0.983. The number of aromatic nitrogens is 2. The molecule has 4 rings (SSSR count). The van der Waals surface area contributed by atoms with Crippen LogP contribution < -0.4 is 4.90 Å². The van der Waals surface area contributed by atoms with Crippen LogP contribution >= 0.6 is 11.5 Å². The molecular formula is C18H21FN4OS. The number of carbonyl (C=O) groups is 1. The zero-order valence-electron chi connectivity index (χ0n) is 14.0. The second kappa shape index (κ2) is 7.07. The van der Waals surface area contributed by atoms with Crippen LogP contribution in [0, 0.1) is 5.82 Å². The van der Waals surface area contributed by atoms with Crippen molar-refractivity contribution in [2.24, 2.45) is 0 Å². The van der Waals surface area contributed by atoms with Gasteiger partial charge in [0.15, 0.2) is 0 Å². The van der Waals surface area contributed by atoms with Gasteiger partial charge in [0.25, 0.3) is 0 Å². The van der Waals surface area contributed by atoms with Gasteiger partial charge in [-0.3, -0.25) is 4.79 Å². The third kappa shape index (κ3) is 3.51. The largest absolute Gasteiger partial charge is 0.341 e. The second-order valence-electron chi connectivity index (χ2n) is 6.68. The van der Waals surface area contributed by atoms with Gasteiger partial charge in [-0.05, 0) is 43.4 Å². The van der Waals surface area contributed by atoms with Gasteiger partial charge in [0, 0.05) is 37.6 Å². The first kappa shape index (κ1) is 16.4. The molecule has 0 saturated carbocycles. The van der Waals surface area contributed by atoms with Crippen LogP contribution in [0.5, 0.6) is 0 Å². The van der Waals surface area contributed by atoms with Crippen molar-refractivity contribution in [1.82, 2.24) is 14.3 Å². The van der Waals surface area contributed by atoms with Crippen LogP contribution in [0.3, 0.4) is 0 Å². The van der Waals surface area contributed by atoms with E-state index in [-0.39, 0.29) is 17.8 Å². The standard InChI is InChI=1S/C18H21FN4OS/c19-14-7-5-13(6-8-14)12-16-20-18(25-21-16)23-11-3-4-15(23)17(24)22-9-1-2-10-22/h5-8,15H,1-4,9-12H2. The zero-order chi connectivity index (χ0) is 17.2. The summed E-state index contributed by atoms with van der Waals surface area (Å²) in [6.07, 6.45) is 4.70. The Kier molecular flexibility index (Phi) is 4.65. The molecule has 0 N–H and O–H groups in total. The highest BCUT2D eigenvalue weighted by Crippen LogP contribution is 2.29. The van der Waals surface area contributed by atoms with E-state index in [0.717, 1.165) is 61.8 Å². The molecule has 132 valence electrons. The highest BCUT2D eigenvalue weighted by molar-refractivity contribution is 7.09. The molecule has 2 fully saturated rings. The summed E-state index contributed by atoms with van der Waals surface area (Å²) >= 11 is 1.35. The van der Waals surface area contributed by atoms with Crippen molar-refractivity contribution in [3.05, 3.63) is 41.5 Å². The molecule has 25 heavy (non-hydrogen) atoms. The molecule has 1 aromatic carbocycles. The molecule has 1 unspecified atom stereocenters. The van der Waals surface area contributed by atoms with Crippen molar-refractivity contribution in [3.63, 3.8) is 0 Å². The molecule has 2 saturated heterocycles. The quantitative estimate of drug-likeness (QED) is 0.841. The maximum Gasteiger partial charge on any atom is 0.245 e. The number of hydrogen-bond acceptors (Lipinski definition) is 5. The number of nitrogens with zero attached hydrogens (tertiary/aromatic N) is 4. The summed E-state index contributed by atoms with van der Waals surface area (Å²) in [7, 11) is 0. The molecule has 2 aromatic rings. The molecule has 0 bridgehead atoms.